The number of hydrogen-bond acceptors (Lipinski definition) is 5. The van der Waals surface area contributed by atoms with Crippen LogP contribution in [0.4, 0.5) is 0 Å². The monoisotopic (exact) mass is 576 g/mol. The predicted molar refractivity (Wildman–Crippen MR) is 138 cm³/mol. The van der Waals surface area contributed by atoms with Gasteiger partial charge in [0.2, 0.25) is 10.0 Å². The maximum atomic E-state index is 12.4. The number of benzene rings is 2. The third-order valence-corrected chi connectivity index (χ3v) is 5.81. The zero-order valence-electron chi connectivity index (χ0n) is 18.8. The number of hydrogen-bond donors (Lipinski definition) is 2. The molecule has 0 bridgehead atoms. The number of nitrogens with zero attached hydrogens (tertiary/aromatic N) is 2. The molecule has 0 heterocycles. The second kappa shape index (κ2) is 15.0. The largest absolute Gasteiger partial charge is 0.492 e. The SMILES string of the molecule is CCNC(=NCc1cccc(S(=O)(=O)NCCOC)c1)N(C)CCOc1ccccc1.I. The number of rotatable bonds is 12. The molecule has 0 aliphatic rings. The fourth-order valence-corrected chi connectivity index (χ4v) is 3.81. The van der Waals surface area contributed by atoms with E-state index in [-0.39, 0.29) is 35.4 Å². The summed E-state index contributed by atoms with van der Waals surface area (Å²) in [6.07, 6.45) is 0. The van der Waals surface area contributed by atoms with Crippen LogP contribution in [0.2, 0.25) is 0 Å². The van der Waals surface area contributed by atoms with Gasteiger partial charge in [0.1, 0.15) is 12.4 Å². The van der Waals surface area contributed by atoms with Crippen LogP contribution >= 0.6 is 24.0 Å². The van der Waals surface area contributed by atoms with Crippen molar-refractivity contribution in [2.45, 2.75) is 18.4 Å². The third-order valence-electron chi connectivity index (χ3n) is 4.35. The first kappa shape index (κ1) is 28.1. The molecule has 0 radical (unpaired) electrons. The summed E-state index contributed by atoms with van der Waals surface area (Å²) in [4.78, 5) is 6.85. The number of halogens is 1. The summed E-state index contributed by atoms with van der Waals surface area (Å²) in [7, 11) is -0.111. The lowest BCUT2D eigenvalue weighted by Crippen LogP contribution is -2.40. The highest BCUT2D eigenvalue weighted by molar-refractivity contribution is 14.0. The van der Waals surface area contributed by atoms with Gasteiger partial charge >= 0.3 is 0 Å². The molecule has 0 spiro atoms. The molecule has 178 valence electrons. The van der Waals surface area contributed by atoms with Crippen LogP contribution in [-0.2, 0) is 21.3 Å². The van der Waals surface area contributed by atoms with Crippen LogP contribution in [0, 0.1) is 0 Å². The maximum Gasteiger partial charge on any atom is 0.240 e. The van der Waals surface area contributed by atoms with Crippen molar-refractivity contribution >= 4 is 40.0 Å². The molecule has 0 saturated carbocycles. The van der Waals surface area contributed by atoms with Crippen LogP contribution in [0.1, 0.15) is 12.5 Å². The van der Waals surface area contributed by atoms with Crippen LogP contribution in [0.3, 0.4) is 0 Å². The zero-order chi connectivity index (χ0) is 22.5. The molecular formula is C22H33IN4O4S. The number of ether oxygens (including phenoxy) is 2. The molecule has 2 rings (SSSR count). The molecule has 0 amide bonds. The second-order valence-electron chi connectivity index (χ2n) is 6.79. The molecule has 0 fully saturated rings. The van der Waals surface area contributed by atoms with E-state index in [0.29, 0.717) is 26.3 Å². The topological polar surface area (TPSA) is 92.3 Å². The van der Waals surface area contributed by atoms with Gasteiger partial charge in [-0.3, -0.25) is 0 Å². The standard InChI is InChI=1S/C22H32N4O4S.HI/c1-4-23-22(26(2)14-16-30-20-10-6-5-7-11-20)24-18-19-9-8-12-21(17-19)31(27,28)25-13-15-29-3;/h5-12,17,25H,4,13-16,18H2,1-3H3,(H,23,24);1H. The molecule has 0 unspecified atom stereocenters. The highest BCUT2D eigenvalue weighted by Gasteiger charge is 2.14. The predicted octanol–water partition coefficient (Wildman–Crippen LogP) is 2.71. The van der Waals surface area contributed by atoms with Gasteiger partial charge in [-0.15, -0.1) is 24.0 Å². The lowest BCUT2D eigenvalue weighted by Gasteiger charge is -2.22. The Bertz CT molecular complexity index is 927. The van der Waals surface area contributed by atoms with E-state index in [0.717, 1.165) is 23.8 Å². The molecule has 32 heavy (non-hydrogen) atoms. The number of para-hydroxylation sites is 1. The maximum absolute atomic E-state index is 12.4. The molecule has 2 aromatic carbocycles. The summed E-state index contributed by atoms with van der Waals surface area (Å²) in [5.41, 5.74) is 0.805. The van der Waals surface area contributed by atoms with E-state index in [1.54, 1.807) is 18.2 Å². The minimum atomic E-state index is -3.58. The van der Waals surface area contributed by atoms with Crippen LogP contribution in [0.25, 0.3) is 0 Å². The van der Waals surface area contributed by atoms with Crippen LogP contribution in [0.15, 0.2) is 64.5 Å². The van der Waals surface area contributed by atoms with Crippen LogP contribution in [0.5, 0.6) is 5.75 Å². The summed E-state index contributed by atoms with van der Waals surface area (Å²) in [6.45, 7) is 4.79. The quantitative estimate of drug-likeness (QED) is 0.175. The average molecular weight is 577 g/mol. The first-order chi connectivity index (χ1) is 15.0. The number of likely N-dealkylation sites (N-methyl/N-ethyl adjacent to an activating group) is 1. The molecule has 8 nitrogen and oxygen atoms in total. The molecule has 0 aliphatic carbocycles. The van der Waals surface area contributed by atoms with Crippen molar-refractivity contribution in [3.63, 3.8) is 0 Å². The summed E-state index contributed by atoms with van der Waals surface area (Å²) in [5, 5.41) is 3.26. The van der Waals surface area contributed by atoms with Crippen LogP contribution < -0.4 is 14.8 Å². The second-order valence-corrected chi connectivity index (χ2v) is 8.56. The molecule has 0 atom stereocenters. The first-order valence-electron chi connectivity index (χ1n) is 10.2. The molecule has 2 N–H and O–H groups in total. The van der Waals surface area contributed by atoms with Crippen molar-refractivity contribution < 1.29 is 17.9 Å². The Labute approximate surface area is 208 Å². The van der Waals surface area contributed by atoms with Gasteiger partial charge in [0.05, 0.1) is 24.6 Å². The van der Waals surface area contributed by atoms with Crippen molar-refractivity contribution in [1.82, 2.24) is 14.9 Å². The van der Waals surface area contributed by atoms with Gasteiger partial charge in [-0.2, -0.15) is 0 Å². The smallest absolute Gasteiger partial charge is 0.240 e. The van der Waals surface area contributed by atoms with Gasteiger partial charge in [0.15, 0.2) is 5.96 Å². The minimum absolute atomic E-state index is 0. The average Bonchev–Trinajstić information content (AvgIpc) is 2.77. The van der Waals surface area contributed by atoms with E-state index in [9.17, 15) is 8.42 Å². The Morgan fingerprint density at radius 1 is 1.09 bits per heavy atom. The van der Waals surface area contributed by atoms with Gasteiger partial charge in [0, 0.05) is 27.2 Å². The fourth-order valence-electron chi connectivity index (χ4n) is 2.73. The summed E-state index contributed by atoms with van der Waals surface area (Å²) < 4.78 is 38.0. The first-order valence-corrected chi connectivity index (χ1v) is 11.7. The van der Waals surface area contributed by atoms with Crippen molar-refractivity contribution in [1.29, 1.82) is 0 Å². The summed E-state index contributed by atoms with van der Waals surface area (Å²) in [5.74, 6) is 1.56. The molecule has 0 saturated heterocycles. The Balaban J connectivity index is 0.00000512. The number of guanidine groups is 1. The number of aliphatic imine (C=N–C) groups is 1. The van der Waals surface area contributed by atoms with E-state index < -0.39 is 10.0 Å². The van der Waals surface area contributed by atoms with E-state index in [2.05, 4.69) is 15.0 Å². The van der Waals surface area contributed by atoms with Crippen molar-refractivity contribution in [2.24, 2.45) is 4.99 Å². The van der Waals surface area contributed by atoms with Gasteiger partial charge in [-0.1, -0.05) is 30.3 Å². The number of sulfonamides is 1. The van der Waals surface area contributed by atoms with Crippen molar-refractivity contribution in [3.8, 4) is 5.75 Å². The number of nitrogens with one attached hydrogen (secondary N) is 2. The van der Waals surface area contributed by atoms with E-state index >= 15 is 0 Å². The Hall–Kier alpha value is -1.89. The lowest BCUT2D eigenvalue weighted by atomic mass is 10.2. The number of methoxy groups -OCH3 is 1. The molecular weight excluding hydrogens is 543 g/mol. The third kappa shape index (κ3) is 9.72. The Morgan fingerprint density at radius 2 is 1.84 bits per heavy atom. The highest BCUT2D eigenvalue weighted by Crippen LogP contribution is 2.12. The Morgan fingerprint density at radius 3 is 2.53 bits per heavy atom. The normalized spacial score (nSPS) is 11.5. The highest BCUT2D eigenvalue weighted by atomic mass is 127. The lowest BCUT2D eigenvalue weighted by molar-refractivity contribution is 0.204. The van der Waals surface area contributed by atoms with Gasteiger partial charge in [-0.05, 0) is 36.8 Å². The molecule has 0 aliphatic heterocycles. The van der Waals surface area contributed by atoms with Crippen molar-refractivity contribution in [2.75, 3.05) is 47.0 Å². The minimum Gasteiger partial charge on any atom is -0.492 e. The van der Waals surface area contributed by atoms with Crippen molar-refractivity contribution in [3.05, 3.63) is 60.2 Å². The van der Waals surface area contributed by atoms with Gasteiger partial charge in [0.25, 0.3) is 0 Å². The van der Waals surface area contributed by atoms with Crippen LogP contribution in [-0.4, -0.2) is 66.3 Å². The van der Waals surface area contributed by atoms with E-state index in [1.165, 1.54) is 7.11 Å². The van der Waals surface area contributed by atoms with Gasteiger partial charge in [-0.25, -0.2) is 18.1 Å². The summed E-state index contributed by atoms with van der Waals surface area (Å²) >= 11 is 0. The van der Waals surface area contributed by atoms with E-state index in [1.807, 2.05) is 55.3 Å². The van der Waals surface area contributed by atoms with Gasteiger partial charge < -0.3 is 19.7 Å². The molecule has 10 heteroatoms. The van der Waals surface area contributed by atoms with E-state index in [4.69, 9.17) is 9.47 Å². The zero-order valence-corrected chi connectivity index (χ0v) is 21.9. The summed E-state index contributed by atoms with van der Waals surface area (Å²) in [6, 6.07) is 16.5. The molecule has 2 aromatic rings. The molecule has 0 aromatic heterocycles. The fraction of sp³-hybridized carbons (Fsp3) is 0.409. The Kier molecular flexibility index (Phi) is 13.2.